The van der Waals surface area contributed by atoms with Gasteiger partial charge in [0, 0.05) is 43.9 Å². The zero-order valence-corrected chi connectivity index (χ0v) is 33.5. The first-order chi connectivity index (χ1) is 30.7. The number of benzene rings is 9. The Labute approximate surface area is 357 Å². The van der Waals surface area contributed by atoms with Gasteiger partial charge in [-0.1, -0.05) is 158 Å². The van der Waals surface area contributed by atoms with Crippen LogP contribution < -0.4 is 0 Å². The molecule has 0 saturated carbocycles. The molecule has 12 rings (SSSR count). The third kappa shape index (κ3) is 6.14. The molecule has 0 amide bonds. The first kappa shape index (κ1) is 35.5. The van der Waals surface area contributed by atoms with E-state index in [0.29, 0.717) is 17.5 Å². The largest absolute Gasteiger partial charge is 0.456 e. The van der Waals surface area contributed by atoms with Crippen LogP contribution in [-0.2, 0) is 0 Å². The molecule has 0 bridgehead atoms. The lowest BCUT2D eigenvalue weighted by Gasteiger charge is -2.10. The summed E-state index contributed by atoms with van der Waals surface area (Å²) in [6, 6.07) is 76.5. The van der Waals surface area contributed by atoms with Crippen molar-refractivity contribution in [1.29, 1.82) is 0 Å². The average Bonchev–Trinajstić information content (AvgIpc) is 3.90. The van der Waals surface area contributed by atoms with Crippen molar-refractivity contribution >= 4 is 43.7 Å². The van der Waals surface area contributed by atoms with Crippen molar-refractivity contribution in [3.05, 3.63) is 218 Å². The van der Waals surface area contributed by atoms with Crippen molar-refractivity contribution in [2.75, 3.05) is 0 Å². The van der Waals surface area contributed by atoms with E-state index in [9.17, 15) is 0 Å². The zero-order valence-electron chi connectivity index (χ0n) is 33.5. The molecular weight excluding hydrogens is 757 g/mol. The average molecular weight is 793 g/mol. The Hall–Kier alpha value is -8.41. The summed E-state index contributed by atoms with van der Waals surface area (Å²) in [5.74, 6) is 1.84. The minimum absolute atomic E-state index is 0.597. The van der Waals surface area contributed by atoms with Gasteiger partial charge in [-0.3, -0.25) is 0 Å². The molecule has 0 radical (unpaired) electrons. The molecule has 0 aliphatic rings. The molecule has 0 saturated heterocycles. The number of rotatable bonds is 7. The summed E-state index contributed by atoms with van der Waals surface area (Å²) >= 11 is 0. The van der Waals surface area contributed by atoms with Crippen LogP contribution in [0.1, 0.15) is 0 Å². The van der Waals surface area contributed by atoms with Crippen molar-refractivity contribution in [2.45, 2.75) is 0 Å². The summed E-state index contributed by atoms with van der Waals surface area (Å²) in [6.07, 6.45) is 0. The van der Waals surface area contributed by atoms with E-state index < -0.39 is 0 Å². The Balaban J connectivity index is 0.931. The summed E-state index contributed by atoms with van der Waals surface area (Å²) in [5, 5.41) is 4.46. The SMILES string of the molecule is c1ccc(-c2nc(-c3ccccc3)nc(-c3cccc4oc5ccc(-c6cccc(-c7cccc(-c8ccc9c(c8)c8ccccc8n9-c8ccccc8)c7)c6)cc5c34)n2)cc1. The highest BCUT2D eigenvalue weighted by molar-refractivity contribution is 6.13. The number of nitrogens with zero attached hydrogens (tertiary/aromatic N) is 4. The third-order valence-electron chi connectivity index (χ3n) is 11.8. The number of fused-ring (bicyclic) bond motifs is 6. The number of para-hydroxylation sites is 2. The second-order valence-corrected chi connectivity index (χ2v) is 15.6. The molecule has 62 heavy (non-hydrogen) atoms. The van der Waals surface area contributed by atoms with Crippen molar-refractivity contribution in [3.63, 3.8) is 0 Å². The molecule has 3 heterocycles. The lowest BCUT2D eigenvalue weighted by molar-refractivity contribution is 0.669. The summed E-state index contributed by atoms with van der Waals surface area (Å²) in [5.41, 5.74) is 14.8. The van der Waals surface area contributed by atoms with Gasteiger partial charge < -0.3 is 8.98 Å². The van der Waals surface area contributed by atoms with Gasteiger partial charge in [0.2, 0.25) is 0 Å². The maximum atomic E-state index is 6.49. The maximum Gasteiger partial charge on any atom is 0.164 e. The Kier molecular flexibility index (Phi) is 8.42. The summed E-state index contributed by atoms with van der Waals surface area (Å²) in [7, 11) is 0. The highest BCUT2D eigenvalue weighted by Crippen LogP contribution is 2.40. The van der Waals surface area contributed by atoms with Crippen LogP contribution in [0, 0.1) is 0 Å². The van der Waals surface area contributed by atoms with E-state index in [0.717, 1.165) is 66.6 Å². The van der Waals surface area contributed by atoms with Gasteiger partial charge in [0.25, 0.3) is 0 Å². The van der Waals surface area contributed by atoms with Crippen LogP contribution in [-0.4, -0.2) is 19.5 Å². The fourth-order valence-corrected chi connectivity index (χ4v) is 8.89. The van der Waals surface area contributed by atoms with E-state index in [-0.39, 0.29) is 0 Å². The van der Waals surface area contributed by atoms with Gasteiger partial charge >= 0.3 is 0 Å². The topological polar surface area (TPSA) is 56.7 Å². The van der Waals surface area contributed by atoms with Gasteiger partial charge in [0.1, 0.15) is 11.2 Å². The Morgan fingerprint density at radius 2 is 0.790 bits per heavy atom. The van der Waals surface area contributed by atoms with E-state index in [4.69, 9.17) is 19.4 Å². The molecule has 0 fully saturated rings. The Morgan fingerprint density at radius 3 is 1.44 bits per heavy atom. The zero-order chi connectivity index (χ0) is 41.0. The smallest absolute Gasteiger partial charge is 0.164 e. The molecule has 9 aromatic carbocycles. The lowest BCUT2D eigenvalue weighted by atomic mass is 9.95. The van der Waals surface area contributed by atoms with Gasteiger partial charge in [0.15, 0.2) is 17.5 Å². The van der Waals surface area contributed by atoms with Crippen molar-refractivity contribution < 1.29 is 4.42 Å². The van der Waals surface area contributed by atoms with Crippen LogP contribution in [0.15, 0.2) is 223 Å². The van der Waals surface area contributed by atoms with E-state index >= 15 is 0 Å². The molecule has 0 unspecified atom stereocenters. The van der Waals surface area contributed by atoms with Gasteiger partial charge in [-0.05, 0) is 94.0 Å². The van der Waals surface area contributed by atoms with E-state index in [2.05, 4.69) is 150 Å². The summed E-state index contributed by atoms with van der Waals surface area (Å²) in [4.78, 5) is 15.1. The fourth-order valence-electron chi connectivity index (χ4n) is 8.89. The monoisotopic (exact) mass is 792 g/mol. The first-order valence-corrected chi connectivity index (χ1v) is 20.8. The van der Waals surface area contributed by atoms with Crippen molar-refractivity contribution in [1.82, 2.24) is 19.5 Å². The van der Waals surface area contributed by atoms with E-state index in [1.807, 2.05) is 72.8 Å². The Bertz CT molecular complexity index is 3570. The van der Waals surface area contributed by atoms with Crippen molar-refractivity contribution in [3.8, 4) is 73.2 Å². The fraction of sp³-hybridized carbons (Fsp3) is 0. The van der Waals surface area contributed by atoms with Crippen LogP contribution in [0.25, 0.3) is 117 Å². The number of furan rings is 1. The minimum Gasteiger partial charge on any atom is -0.456 e. The predicted molar refractivity (Wildman–Crippen MR) is 254 cm³/mol. The van der Waals surface area contributed by atoms with Crippen LogP contribution in [0.4, 0.5) is 0 Å². The highest BCUT2D eigenvalue weighted by atomic mass is 16.3. The summed E-state index contributed by atoms with van der Waals surface area (Å²) in [6.45, 7) is 0. The van der Waals surface area contributed by atoms with Gasteiger partial charge in [0.05, 0.1) is 11.0 Å². The van der Waals surface area contributed by atoms with Gasteiger partial charge in [-0.25, -0.2) is 15.0 Å². The second-order valence-electron chi connectivity index (χ2n) is 15.6. The number of aromatic nitrogens is 4. The van der Waals surface area contributed by atoms with Crippen LogP contribution in [0.2, 0.25) is 0 Å². The summed E-state index contributed by atoms with van der Waals surface area (Å²) < 4.78 is 8.84. The normalized spacial score (nSPS) is 11.5. The quantitative estimate of drug-likeness (QED) is 0.161. The molecule has 5 heteroatoms. The molecule has 0 aliphatic heterocycles. The molecular formula is C57H36N4O. The van der Waals surface area contributed by atoms with E-state index in [1.165, 1.54) is 32.9 Å². The molecule has 0 aliphatic carbocycles. The highest BCUT2D eigenvalue weighted by Gasteiger charge is 2.19. The maximum absolute atomic E-state index is 6.49. The number of hydrogen-bond donors (Lipinski definition) is 0. The molecule has 12 aromatic rings. The minimum atomic E-state index is 0.597. The molecule has 3 aromatic heterocycles. The van der Waals surface area contributed by atoms with Crippen molar-refractivity contribution in [2.24, 2.45) is 0 Å². The second kappa shape index (κ2) is 14.7. The molecule has 0 atom stereocenters. The van der Waals surface area contributed by atoms with Crippen LogP contribution in [0.3, 0.4) is 0 Å². The van der Waals surface area contributed by atoms with Crippen LogP contribution in [0.5, 0.6) is 0 Å². The molecule has 5 nitrogen and oxygen atoms in total. The van der Waals surface area contributed by atoms with Gasteiger partial charge in [-0.15, -0.1) is 0 Å². The molecule has 0 spiro atoms. The Morgan fingerprint density at radius 1 is 0.306 bits per heavy atom. The lowest BCUT2D eigenvalue weighted by Crippen LogP contribution is -2.00. The van der Waals surface area contributed by atoms with Gasteiger partial charge in [-0.2, -0.15) is 0 Å². The van der Waals surface area contributed by atoms with Crippen LogP contribution >= 0.6 is 0 Å². The first-order valence-electron chi connectivity index (χ1n) is 20.8. The third-order valence-corrected chi connectivity index (χ3v) is 11.8. The standard InChI is InChI=1S/C57H36N4O/c1-4-15-37(16-5-1)55-58-56(38-17-6-2-7-18-38)60-57(59-55)47-26-14-28-53-54(47)49-36-44(30-32-52(49)62-53)42-22-13-20-40(34-42)39-19-12-21-41(33-39)43-29-31-51-48(35-43)46-25-10-11-27-50(46)61(51)45-23-8-3-9-24-45/h1-36H. The van der Waals surface area contributed by atoms with E-state index in [1.54, 1.807) is 0 Å². The molecule has 290 valence electrons. The molecule has 0 N–H and O–H groups in total. The number of hydrogen-bond acceptors (Lipinski definition) is 4. The predicted octanol–water partition coefficient (Wildman–Crippen LogP) is 14.9.